The maximum Gasteiger partial charge on any atom is 0.269 e. The molecule has 28 heavy (non-hydrogen) atoms. The number of quaternary nitrogens is 1. The summed E-state index contributed by atoms with van der Waals surface area (Å²) >= 11 is 1.40. The molecule has 1 saturated heterocycles. The number of hydrogen-bond acceptors (Lipinski definition) is 7. The van der Waals surface area contributed by atoms with Crippen LogP contribution in [-0.4, -0.2) is 49.9 Å². The summed E-state index contributed by atoms with van der Waals surface area (Å²) < 4.78 is 7.34. The van der Waals surface area contributed by atoms with Crippen molar-refractivity contribution >= 4 is 22.0 Å². The minimum atomic E-state index is -0.409. The third-order valence-electron chi connectivity index (χ3n) is 4.98. The zero-order valence-corrected chi connectivity index (χ0v) is 16.6. The number of nitrogens with one attached hydrogen (secondary N) is 1. The first-order valence-electron chi connectivity index (χ1n) is 9.13. The monoisotopic (exact) mass is 404 g/mol. The fourth-order valence-corrected chi connectivity index (χ4v) is 5.13. The van der Waals surface area contributed by atoms with Gasteiger partial charge in [0.15, 0.2) is 6.04 Å². The Morgan fingerprint density at radius 3 is 2.54 bits per heavy atom. The van der Waals surface area contributed by atoms with Gasteiger partial charge in [-0.1, -0.05) is 11.3 Å². The van der Waals surface area contributed by atoms with Crippen LogP contribution in [0.1, 0.15) is 36.2 Å². The molecule has 0 aliphatic carbocycles. The molecule has 148 valence electrons. The van der Waals surface area contributed by atoms with Crippen molar-refractivity contribution in [3.05, 3.63) is 50.6 Å². The molecule has 1 aliphatic heterocycles. The first-order chi connectivity index (χ1) is 13.3. The van der Waals surface area contributed by atoms with Crippen LogP contribution in [0, 0.1) is 17.0 Å². The Morgan fingerprint density at radius 2 is 1.96 bits per heavy atom. The molecule has 2 N–H and O–H groups in total. The molecule has 0 spiro atoms. The third kappa shape index (κ3) is 3.34. The van der Waals surface area contributed by atoms with Crippen LogP contribution in [-0.2, 0) is 4.74 Å². The van der Waals surface area contributed by atoms with Gasteiger partial charge in [0.05, 0.1) is 4.92 Å². The molecule has 0 unspecified atom stereocenters. The average molecular weight is 404 g/mol. The van der Waals surface area contributed by atoms with Gasteiger partial charge in [-0.25, -0.2) is 4.98 Å². The van der Waals surface area contributed by atoms with Crippen molar-refractivity contribution < 1.29 is 19.7 Å². The zero-order valence-electron chi connectivity index (χ0n) is 15.8. The molecular weight excluding hydrogens is 382 g/mol. The number of non-ortho nitro benzene ring substituents is 1. The van der Waals surface area contributed by atoms with E-state index in [-0.39, 0.29) is 29.8 Å². The van der Waals surface area contributed by atoms with Crippen molar-refractivity contribution in [2.45, 2.75) is 39.0 Å². The lowest BCUT2D eigenvalue weighted by molar-refractivity contribution is -0.939. The third-order valence-corrected chi connectivity index (χ3v) is 6.06. The van der Waals surface area contributed by atoms with E-state index in [1.807, 2.05) is 13.8 Å². The lowest BCUT2D eigenvalue weighted by Crippen LogP contribution is -3.15. The molecule has 2 aromatic heterocycles. The van der Waals surface area contributed by atoms with E-state index in [1.54, 1.807) is 19.1 Å². The van der Waals surface area contributed by atoms with E-state index in [2.05, 4.69) is 10.1 Å². The Kier molecular flexibility index (Phi) is 4.77. The van der Waals surface area contributed by atoms with Crippen LogP contribution >= 0.6 is 11.3 Å². The summed E-state index contributed by atoms with van der Waals surface area (Å²) in [5.74, 6) is 0.671. The van der Waals surface area contributed by atoms with Crippen LogP contribution < -0.4 is 4.90 Å². The first-order valence-corrected chi connectivity index (χ1v) is 9.94. The number of aromatic nitrogens is 3. The quantitative estimate of drug-likeness (QED) is 0.504. The molecule has 10 heteroatoms. The van der Waals surface area contributed by atoms with Gasteiger partial charge in [0.2, 0.25) is 10.8 Å². The highest BCUT2D eigenvalue weighted by Crippen LogP contribution is 2.35. The second-order valence-corrected chi connectivity index (χ2v) is 8.26. The van der Waals surface area contributed by atoms with E-state index in [1.165, 1.54) is 32.9 Å². The van der Waals surface area contributed by atoms with E-state index in [9.17, 15) is 15.2 Å². The Labute approximate surface area is 165 Å². The van der Waals surface area contributed by atoms with E-state index in [4.69, 9.17) is 4.74 Å². The number of fused-ring (bicyclic) bond motifs is 1. The number of benzene rings is 1. The van der Waals surface area contributed by atoms with Gasteiger partial charge in [0, 0.05) is 17.7 Å². The minimum absolute atomic E-state index is 0.0451. The molecule has 1 aliphatic rings. The normalized spacial score (nSPS) is 23.8. The van der Waals surface area contributed by atoms with Gasteiger partial charge in [-0.3, -0.25) is 10.1 Å². The van der Waals surface area contributed by atoms with Gasteiger partial charge in [-0.05, 0) is 32.9 Å². The van der Waals surface area contributed by atoms with Crippen molar-refractivity contribution in [2.24, 2.45) is 0 Å². The van der Waals surface area contributed by atoms with Crippen LogP contribution in [0.2, 0.25) is 0 Å². The van der Waals surface area contributed by atoms with Crippen molar-refractivity contribution in [3.8, 4) is 5.88 Å². The van der Waals surface area contributed by atoms with Gasteiger partial charge in [-0.15, -0.1) is 5.10 Å². The summed E-state index contributed by atoms with van der Waals surface area (Å²) in [6.07, 6.45) is 0.150. The lowest BCUT2D eigenvalue weighted by Gasteiger charge is -2.37. The molecule has 3 atom stereocenters. The van der Waals surface area contributed by atoms with Crippen molar-refractivity contribution in [1.29, 1.82) is 0 Å². The molecule has 1 fully saturated rings. The summed E-state index contributed by atoms with van der Waals surface area (Å²) in [4.78, 5) is 17.6. The van der Waals surface area contributed by atoms with Gasteiger partial charge in [-0.2, -0.15) is 4.52 Å². The minimum Gasteiger partial charge on any atom is -0.492 e. The number of hydrogen-bond donors (Lipinski definition) is 2. The fraction of sp³-hybridized carbons (Fsp3) is 0.444. The predicted molar refractivity (Wildman–Crippen MR) is 103 cm³/mol. The maximum absolute atomic E-state index is 11.0. The van der Waals surface area contributed by atoms with Crippen LogP contribution in [0.15, 0.2) is 24.3 Å². The number of ether oxygens (including phenoxy) is 1. The molecule has 9 nitrogen and oxygen atoms in total. The van der Waals surface area contributed by atoms with Crippen molar-refractivity contribution in [3.63, 3.8) is 0 Å². The van der Waals surface area contributed by atoms with Gasteiger partial charge in [0.1, 0.15) is 36.0 Å². The van der Waals surface area contributed by atoms with Gasteiger partial charge < -0.3 is 14.7 Å². The van der Waals surface area contributed by atoms with E-state index in [0.29, 0.717) is 10.8 Å². The van der Waals surface area contributed by atoms with E-state index in [0.717, 1.165) is 23.5 Å². The molecule has 0 saturated carbocycles. The zero-order chi connectivity index (χ0) is 20.0. The number of aryl methyl sites for hydroxylation is 1. The second kappa shape index (κ2) is 7.12. The number of nitrogens with zero attached hydrogens (tertiary/aromatic N) is 4. The molecule has 0 bridgehead atoms. The SMILES string of the molecule is Cc1nc2sc([C@H](c3ccc([N+](=O)[O-])cc3)[NH+]3C[C@@H](C)O[C@H](C)C3)c(O)n2n1. The molecule has 0 radical (unpaired) electrons. The number of nitro benzene ring substituents is 1. The number of morpholine rings is 1. The van der Waals surface area contributed by atoms with E-state index >= 15 is 0 Å². The predicted octanol–water partition coefficient (Wildman–Crippen LogP) is 1.49. The highest BCUT2D eigenvalue weighted by Gasteiger charge is 2.37. The molecule has 4 rings (SSSR count). The van der Waals surface area contributed by atoms with Crippen LogP contribution in [0.5, 0.6) is 5.88 Å². The summed E-state index contributed by atoms with van der Waals surface area (Å²) in [6, 6.07) is 6.35. The summed E-state index contributed by atoms with van der Waals surface area (Å²) in [6.45, 7) is 7.38. The van der Waals surface area contributed by atoms with Crippen LogP contribution in [0.4, 0.5) is 5.69 Å². The first kappa shape index (κ1) is 18.8. The lowest BCUT2D eigenvalue weighted by atomic mass is 10.0. The average Bonchev–Trinajstić information content (AvgIpc) is 3.13. The summed E-state index contributed by atoms with van der Waals surface area (Å²) in [7, 11) is 0. The van der Waals surface area contributed by atoms with E-state index < -0.39 is 4.92 Å². The smallest absolute Gasteiger partial charge is 0.269 e. The van der Waals surface area contributed by atoms with Crippen molar-refractivity contribution in [2.75, 3.05) is 13.1 Å². The second-order valence-electron chi connectivity index (χ2n) is 7.25. The standard InChI is InChI=1S/C18H21N5O4S/c1-10-8-21(9-11(2)27-10)15(13-4-6-14(7-5-13)23(25)26)16-17(24)22-18(28-16)19-12(3)20-22/h4-7,10-11,15,24H,8-9H2,1-3H3/p+1/t10-,11-,15+/m1/s1. The Balaban J connectivity index is 1.81. The highest BCUT2D eigenvalue weighted by atomic mass is 32.1. The number of aromatic hydroxyl groups is 1. The molecule has 3 heterocycles. The van der Waals surface area contributed by atoms with Gasteiger partial charge >= 0.3 is 0 Å². The Bertz CT molecular complexity index is 1010. The topological polar surface area (TPSA) is 107 Å². The summed E-state index contributed by atoms with van der Waals surface area (Å²) in [5, 5.41) is 26.2. The molecule has 1 aromatic carbocycles. The highest BCUT2D eigenvalue weighted by molar-refractivity contribution is 7.17. The fourth-order valence-electron chi connectivity index (χ4n) is 3.95. The number of nitro groups is 1. The molecule has 0 amide bonds. The number of thiazole rings is 1. The van der Waals surface area contributed by atoms with Crippen molar-refractivity contribution in [1.82, 2.24) is 14.6 Å². The molecular formula is C18H22N5O4S+. The Hall–Kier alpha value is -2.56. The largest absolute Gasteiger partial charge is 0.492 e. The Morgan fingerprint density at radius 1 is 1.32 bits per heavy atom. The summed E-state index contributed by atoms with van der Waals surface area (Å²) in [5.41, 5.74) is 0.946. The van der Waals surface area contributed by atoms with Crippen LogP contribution in [0.25, 0.3) is 4.96 Å². The van der Waals surface area contributed by atoms with Crippen LogP contribution in [0.3, 0.4) is 0 Å². The maximum atomic E-state index is 11.0. The van der Waals surface area contributed by atoms with Gasteiger partial charge in [0.25, 0.3) is 5.69 Å². The number of rotatable bonds is 4. The molecule has 3 aromatic rings.